The van der Waals surface area contributed by atoms with Crippen molar-refractivity contribution >= 4 is 34.5 Å². The maximum atomic E-state index is 13.5. The number of aliphatic carboxylic acids is 1. The Morgan fingerprint density at radius 3 is 2.37 bits per heavy atom. The molecule has 148 valence electrons. The van der Waals surface area contributed by atoms with E-state index in [1.165, 1.54) is 0 Å². The number of carbonyl (C=O) groups is 2. The first kappa shape index (κ1) is 20.4. The predicted molar refractivity (Wildman–Crippen MR) is 103 cm³/mol. The molecule has 0 bridgehead atoms. The van der Waals surface area contributed by atoms with Gasteiger partial charge in [0.25, 0.3) is 0 Å². The van der Waals surface area contributed by atoms with Crippen LogP contribution in [-0.2, 0) is 22.6 Å². The van der Waals surface area contributed by atoms with Crippen LogP contribution in [0.15, 0.2) is 0 Å². The third-order valence-corrected chi connectivity index (χ3v) is 7.24. The number of alkyl halides is 2. The minimum atomic E-state index is -2.64. The summed E-state index contributed by atoms with van der Waals surface area (Å²) in [6.45, 7) is 3.92. The maximum absolute atomic E-state index is 13.5. The molecule has 1 aliphatic carbocycles. The minimum absolute atomic E-state index is 0.102. The summed E-state index contributed by atoms with van der Waals surface area (Å²) in [7, 11) is 0. The van der Waals surface area contributed by atoms with E-state index < -0.39 is 18.0 Å². The summed E-state index contributed by atoms with van der Waals surface area (Å²) in [5, 5.41) is 19.3. The van der Waals surface area contributed by atoms with Crippen molar-refractivity contribution in [2.75, 3.05) is 0 Å². The van der Waals surface area contributed by atoms with Gasteiger partial charge in [0.15, 0.2) is 6.10 Å². The summed E-state index contributed by atoms with van der Waals surface area (Å²) in [6.07, 6.45) is -1.36. The number of carbonyl (C=O) groups excluding carboxylic acids is 1. The van der Waals surface area contributed by atoms with E-state index in [1.807, 2.05) is 29.5 Å². The van der Waals surface area contributed by atoms with Gasteiger partial charge in [0.05, 0.1) is 6.42 Å². The van der Waals surface area contributed by atoms with Gasteiger partial charge in [-0.1, -0.05) is 0 Å². The highest BCUT2D eigenvalue weighted by atomic mass is 127. The number of hydrogen-bond donors (Lipinski definition) is 2. The Kier molecular flexibility index (Phi) is 5.51. The molecule has 1 atom stereocenters. The fraction of sp³-hybridized carbons (Fsp3) is 0.579. The lowest BCUT2D eigenvalue weighted by atomic mass is 9.84. The Morgan fingerprint density at radius 1 is 1.22 bits per heavy atom. The molecule has 0 spiro atoms. The molecule has 1 unspecified atom stereocenters. The number of fused-ring (bicyclic) bond motifs is 1. The second kappa shape index (κ2) is 7.27. The molecule has 1 aliphatic heterocycles. The largest absolute Gasteiger partial charge is 0.479 e. The van der Waals surface area contributed by atoms with Crippen molar-refractivity contribution in [2.24, 2.45) is 0 Å². The van der Waals surface area contributed by atoms with Gasteiger partial charge in [0.1, 0.15) is 0 Å². The van der Waals surface area contributed by atoms with Gasteiger partial charge in [-0.05, 0) is 71.5 Å². The van der Waals surface area contributed by atoms with Gasteiger partial charge in [0.2, 0.25) is 11.8 Å². The normalized spacial score (nSPS) is 21.1. The van der Waals surface area contributed by atoms with Crippen LogP contribution in [0.25, 0.3) is 0 Å². The number of rotatable bonds is 3. The number of hydrogen-bond acceptors (Lipinski definition) is 3. The Balaban J connectivity index is 1.96. The predicted octanol–water partition coefficient (Wildman–Crippen LogP) is 3.49. The van der Waals surface area contributed by atoms with Crippen LogP contribution >= 0.6 is 22.6 Å². The van der Waals surface area contributed by atoms with Gasteiger partial charge >= 0.3 is 5.97 Å². The molecular weight excluding hydrogens is 471 g/mol. The van der Waals surface area contributed by atoms with E-state index in [4.69, 9.17) is 0 Å². The Morgan fingerprint density at radius 2 is 1.81 bits per heavy atom. The van der Waals surface area contributed by atoms with E-state index >= 15 is 0 Å². The molecule has 27 heavy (non-hydrogen) atoms. The average molecular weight is 493 g/mol. The smallest absolute Gasteiger partial charge is 0.337 e. The van der Waals surface area contributed by atoms with Gasteiger partial charge in [-0.15, -0.1) is 0 Å². The Hall–Kier alpha value is -1.29. The lowest BCUT2D eigenvalue weighted by molar-refractivity contribution is -0.147. The maximum Gasteiger partial charge on any atom is 0.337 e. The summed E-state index contributed by atoms with van der Waals surface area (Å²) in [5.74, 6) is -4.10. The zero-order valence-corrected chi connectivity index (χ0v) is 17.3. The van der Waals surface area contributed by atoms with Crippen molar-refractivity contribution in [2.45, 2.75) is 70.6 Å². The molecule has 0 aromatic heterocycles. The zero-order valence-electron chi connectivity index (χ0n) is 15.2. The van der Waals surface area contributed by atoms with Crippen LogP contribution in [0.5, 0.6) is 0 Å². The second-order valence-electron chi connectivity index (χ2n) is 7.46. The van der Waals surface area contributed by atoms with Crippen LogP contribution in [0.2, 0.25) is 0 Å². The third kappa shape index (κ3) is 3.70. The van der Waals surface area contributed by atoms with Gasteiger partial charge in [-0.25, -0.2) is 13.6 Å². The molecule has 1 amide bonds. The van der Waals surface area contributed by atoms with Crippen LogP contribution in [0.1, 0.15) is 59.6 Å². The SMILES string of the molecule is Cc1c(I)c(C(O)C(=O)O)c(C)c2c1CN(C1CCC(F)(F)CC1)C(=O)C2. The molecular formula is C19H22F2INO4. The van der Waals surface area contributed by atoms with Crippen LogP contribution in [0.3, 0.4) is 0 Å². The number of benzene rings is 1. The van der Waals surface area contributed by atoms with Gasteiger partial charge in [-0.3, -0.25) is 4.79 Å². The molecule has 2 aliphatic rings. The summed E-state index contributed by atoms with van der Waals surface area (Å²) >= 11 is 2.03. The number of nitrogens with zero attached hydrogens (tertiary/aromatic N) is 1. The summed E-state index contributed by atoms with van der Waals surface area (Å²) < 4.78 is 27.6. The monoisotopic (exact) mass is 493 g/mol. The standard InChI is InChI=1S/C19H22F2INO4/c1-9-12-7-14(24)23(11-3-5-19(20,21)6-4-11)8-13(12)10(2)16(22)15(9)17(25)18(26)27/h11,17,25H,3-8H2,1-2H3,(H,26,27). The number of amides is 1. The summed E-state index contributed by atoms with van der Waals surface area (Å²) in [5.41, 5.74) is 3.49. The molecule has 1 heterocycles. The number of carboxylic acids is 1. The molecule has 1 aromatic rings. The molecule has 8 heteroatoms. The van der Waals surface area contributed by atoms with Crippen molar-refractivity contribution < 1.29 is 28.6 Å². The molecule has 5 nitrogen and oxygen atoms in total. The van der Waals surface area contributed by atoms with E-state index in [0.717, 1.165) is 16.7 Å². The summed E-state index contributed by atoms with van der Waals surface area (Å²) in [6, 6.07) is -0.188. The minimum Gasteiger partial charge on any atom is -0.479 e. The Labute approximate surface area is 169 Å². The van der Waals surface area contributed by atoms with E-state index in [-0.39, 0.29) is 31.2 Å². The second-order valence-corrected chi connectivity index (χ2v) is 8.54. The number of aliphatic hydroxyl groups excluding tert-OH is 1. The highest BCUT2D eigenvalue weighted by Gasteiger charge is 2.40. The molecule has 1 aromatic carbocycles. The van der Waals surface area contributed by atoms with Gasteiger partial charge in [0, 0.05) is 34.6 Å². The fourth-order valence-electron chi connectivity index (χ4n) is 4.20. The van der Waals surface area contributed by atoms with Crippen molar-refractivity contribution in [1.82, 2.24) is 4.90 Å². The summed E-state index contributed by atoms with van der Waals surface area (Å²) in [4.78, 5) is 25.7. The first-order valence-corrected chi connectivity index (χ1v) is 10.00. The molecule has 1 fully saturated rings. The zero-order chi connectivity index (χ0) is 20.1. The molecule has 1 saturated carbocycles. The number of carboxylic acid groups (broad SMARTS) is 1. The quantitative estimate of drug-likeness (QED) is 0.633. The van der Waals surface area contributed by atoms with Crippen LogP contribution in [-0.4, -0.2) is 39.0 Å². The van der Waals surface area contributed by atoms with Crippen molar-refractivity contribution in [3.63, 3.8) is 0 Å². The van der Waals surface area contributed by atoms with E-state index in [2.05, 4.69) is 0 Å². The average Bonchev–Trinajstić information content (AvgIpc) is 2.60. The van der Waals surface area contributed by atoms with Crippen molar-refractivity contribution in [3.05, 3.63) is 31.4 Å². The van der Waals surface area contributed by atoms with E-state index in [1.54, 1.807) is 11.8 Å². The van der Waals surface area contributed by atoms with Crippen molar-refractivity contribution in [1.29, 1.82) is 0 Å². The fourth-order valence-corrected chi connectivity index (χ4v) is 5.22. The molecule has 0 radical (unpaired) electrons. The topological polar surface area (TPSA) is 77.8 Å². The van der Waals surface area contributed by atoms with Crippen molar-refractivity contribution in [3.8, 4) is 0 Å². The van der Waals surface area contributed by atoms with Gasteiger partial charge < -0.3 is 15.1 Å². The van der Waals surface area contributed by atoms with Crippen LogP contribution in [0.4, 0.5) is 8.78 Å². The number of aliphatic hydroxyl groups is 1. The van der Waals surface area contributed by atoms with Crippen LogP contribution < -0.4 is 0 Å². The molecule has 2 N–H and O–H groups in total. The highest BCUT2D eigenvalue weighted by Crippen LogP contribution is 2.40. The highest BCUT2D eigenvalue weighted by molar-refractivity contribution is 14.1. The lowest BCUT2D eigenvalue weighted by Gasteiger charge is -2.40. The van der Waals surface area contributed by atoms with E-state index in [0.29, 0.717) is 34.1 Å². The van der Waals surface area contributed by atoms with Crippen LogP contribution in [0, 0.1) is 17.4 Å². The lowest BCUT2D eigenvalue weighted by Crippen LogP contribution is -2.47. The van der Waals surface area contributed by atoms with E-state index in [9.17, 15) is 28.6 Å². The first-order chi connectivity index (χ1) is 12.5. The van der Waals surface area contributed by atoms with Gasteiger partial charge in [-0.2, -0.15) is 0 Å². The Bertz CT molecular complexity index is 802. The molecule has 3 rings (SSSR count). The number of halogens is 3. The third-order valence-electron chi connectivity index (χ3n) is 5.85. The molecule has 0 saturated heterocycles. The first-order valence-electron chi connectivity index (χ1n) is 8.92.